The molecule has 0 bridgehead atoms. The van der Waals surface area contributed by atoms with E-state index >= 15 is 0 Å². The van der Waals surface area contributed by atoms with Gasteiger partial charge in [-0.1, -0.05) is 33.8 Å². The number of fused-ring (bicyclic) bond motifs is 2. The van der Waals surface area contributed by atoms with Gasteiger partial charge < -0.3 is 23.8 Å². The molecule has 33 heavy (non-hydrogen) atoms. The highest BCUT2D eigenvalue weighted by atomic mass is 16.6. The van der Waals surface area contributed by atoms with E-state index in [1.807, 2.05) is 31.2 Å². The summed E-state index contributed by atoms with van der Waals surface area (Å²) >= 11 is 0. The SMILES string of the molecule is CCN(CC)CCOc1c(CCC(C)C)ccc2c1C(=O)OCc1cc(C)cc(OC)c1O2. The van der Waals surface area contributed by atoms with E-state index < -0.39 is 5.97 Å². The van der Waals surface area contributed by atoms with E-state index in [-0.39, 0.29) is 6.61 Å². The van der Waals surface area contributed by atoms with Gasteiger partial charge >= 0.3 is 5.97 Å². The summed E-state index contributed by atoms with van der Waals surface area (Å²) in [6.45, 7) is 13.9. The van der Waals surface area contributed by atoms with E-state index in [0.717, 1.165) is 49.2 Å². The summed E-state index contributed by atoms with van der Waals surface area (Å²) in [5.74, 6) is 2.29. The molecule has 0 aromatic heterocycles. The van der Waals surface area contributed by atoms with Crippen molar-refractivity contribution in [1.29, 1.82) is 0 Å². The van der Waals surface area contributed by atoms with Gasteiger partial charge in [0.1, 0.15) is 30.3 Å². The molecule has 0 saturated heterocycles. The first-order valence-electron chi connectivity index (χ1n) is 11.9. The van der Waals surface area contributed by atoms with Crippen LogP contribution >= 0.6 is 0 Å². The molecule has 1 heterocycles. The molecule has 0 radical (unpaired) electrons. The maximum Gasteiger partial charge on any atom is 0.346 e. The van der Waals surface area contributed by atoms with Crippen LogP contribution in [0.25, 0.3) is 0 Å². The molecule has 1 aliphatic rings. The Morgan fingerprint density at radius 3 is 2.58 bits per heavy atom. The second-order valence-electron chi connectivity index (χ2n) is 8.87. The Labute approximate surface area is 197 Å². The number of methoxy groups -OCH3 is 1. The average Bonchev–Trinajstić information content (AvgIpc) is 2.79. The lowest BCUT2D eigenvalue weighted by atomic mass is 9.98. The first kappa shape index (κ1) is 24.9. The van der Waals surface area contributed by atoms with Crippen LogP contribution in [0.15, 0.2) is 24.3 Å². The number of aryl methyl sites for hydroxylation is 2. The molecule has 2 aromatic rings. The van der Waals surface area contributed by atoms with Crippen molar-refractivity contribution in [3.63, 3.8) is 0 Å². The van der Waals surface area contributed by atoms with Gasteiger partial charge in [-0.05, 0) is 68.1 Å². The van der Waals surface area contributed by atoms with Crippen LogP contribution < -0.4 is 14.2 Å². The van der Waals surface area contributed by atoms with E-state index in [1.165, 1.54) is 0 Å². The summed E-state index contributed by atoms with van der Waals surface area (Å²) in [6, 6.07) is 7.72. The van der Waals surface area contributed by atoms with Gasteiger partial charge in [0.05, 0.1) is 7.11 Å². The molecule has 0 atom stereocenters. The monoisotopic (exact) mass is 455 g/mol. The summed E-state index contributed by atoms with van der Waals surface area (Å²) in [5, 5.41) is 0. The summed E-state index contributed by atoms with van der Waals surface area (Å²) in [6.07, 6.45) is 1.81. The Morgan fingerprint density at radius 1 is 1.15 bits per heavy atom. The fraction of sp³-hybridized carbons (Fsp3) is 0.519. The number of benzene rings is 2. The molecule has 6 heteroatoms. The zero-order valence-electron chi connectivity index (χ0n) is 20.8. The Hall–Kier alpha value is -2.73. The zero-order valence-corrected chi connectivity index (χ0v) is 20.8. The van der Waals surface area contributed by atoms with Gasteiger partial charge in [0.2, 0.25) is 0 Å². The Bertz CT molecular complexity index is 965. The van der Waals surface area contributed by atoms with Crippen LogP contribution in [0.5, 0.6) is 23.0 Å². The summed E-state index contributed by atoms with van der Waals surface area (Å²) < 4.78 is 23.9. The molecule has 0 saturated carbocycles. The van der Waals surface area contributed by atoms with Crippen LogP contribution in [-0.4, -0.2) is 44.2 Å². The van der Waals surface area contributed by atoms with Gasteiger partial charge in [-0.25, -0.2) is 4.79 Å². The minimum absolute atomic E-state index is 0.112. The molecule has 2 aromatic carbocycles. The molecule has 0 unspecified atom stereocenters. The van der Waals surface area contributed by atoms with E-state index in [9.17, 15) is 4.79 Å². The topological polar surface area (TPSA) is 57.2 Å². The molecule has 1 aliphatic heterocycles. The van der Waals surface area contributed by atoms with E-state index in [1.54, 1.807) is 7.11 Å². The molecule has 0 aliphatic carbocycles. The third-order valence-corrected chi connectivity index (χ3v) is 6.01. The van der Waals surface area contributed by atoms with Crippen LogP contribution in [0.4, 0.5) is 0 Å². The smallest absolute Gasteiger partial charge is 0.346 e. The van der Waals surface area contributed by atoms with Crippen LogP contribution in [0.1, 0.15) is 61.2 Å². The van der Waals surface area contributed by atoms with Crippen molar-refractivity contribution in [2.45, 2.75) is 54.1 Å². The minimum Gasteiger partial charge on any atom is -0.493 e. The highest BCUT2D eigenvalue weighted by molar-refractivity contribution is 5.96. The molecule has 3 rings (SSSR count). The van der Waals surface area contributed by atoms with Crippen LogP contribution in [0, 0.1) is 12.8 Å². The number of carbonyl (C=O) groups is 1. The van der Waals surface area contributed by atoms with Crippen LogP contribution in [0.3, 0.4) is 0 Å². The molecule has 6 nitrogen and oxygen atoms in total. The Kier molecular flexibility index (Phi) is 8.61. The maximum absolute atomic E-state index is 13.2. The normalized spacial score (nSPS) is 13.0. The molecule has 0 amide bonds. The van der Waals surface area contributed by atoms with Crippen LogP contribution in [-0.2, 0) is 17.8 Å². The summed E-state index contributed by atoms with van der Waals surface area (Å²) in [7, 11) is 1.61. The van der Waals surface area contributed by atoms with Crippen LogP contribution in [0.2, 0.25) is 0 Å². The number of carbonyl (C=O) groups excluding carboxylic acids is 1. The van der Waals surface area contributed by atoms with E-state index in [0.29, 0.717) is 41.1 Å². The fourth-order valence-corrected chi connectivity index (χ4v) is 4.02. The van der Waals surface area contributed by atoms with Crippen molar-refractivity contribution in [3.05, 3.63) is 46.5 Å². The molecule has 0 N–H and O–H groups in total. The lowest BCUT2D eigenvalue weighted by Crippen LogP contribution is -2.28. The molecular weight excluding hydrogens is 418 g/mol. The number of likely N-dealkylation sites (N-methyl/N-ethyl adjacent to an activating group) is 1. The largest absolute Gasteiger partial charge is 0.493 e. The second-order valence-corrected chi connectivity index (χ2v) is 8.87. The van der Waals surface area contributed by atoms with Gasteiger partial charge in [-0.2, -0.15) is 0 Å². The third kappa shape index (κ3) is 5.99. The number of cyclic esters (lactones) is 1. The number of hydrogen-bond donors (Lipinski definition) is 0. The maximum atomic E-state index is 13.2. The van der Waals surface area contributed by atoms with E-state index in [4.69, 9.17) is 18.9 Å². The quantitative estimate of drug-likeness (QED) is 0.424. The average molecular weight is 456 g/mol. The molecule has 0 spiro atoms. The Morgan fingerprint density at radius 2 is 1.91 bits per heavy atom. The van der Waals surface area contributed by atoms with Crippen molar-refractivity contribution in [1.82, 2.24) is 4.90 Å². The third-order valence-electron chi connectivity index (χ3n) is 6.01. The number of rotatable bonds is 10. The second kappa shape index (κ2) is 11.4. The van der Waals surface area contributed by atoms with Gasteiger partial charge in [0, 0.05) is 12.1 Å². The number of esters is 1. The highest BCUT2D eigenvalue weighted by Crippen LogP contribution is 2.43. The van der Waals surface area contributed by atoms with Gasteiger partial charge in [0.15, 0.2) is 11.5 Å². The standard InChI is InChI=1S/C27H37NO5/c1-7-28(8-2)13-14-31-26-20(10-9-18(3)4)11-12-22-24(26)27(29)32-17-21-15-19(5)16-23(30-6)25(21)33-22/h11-12,15-16,18H,7-10,13-14,17H2,1-6H3. The zero-order chi connectivity index (χ0) is 24.0. The number of ether oxygens (including phenoxy) is 4. The van der Waals surface area contributed by atoms with Crippen molar-refractivity contribution >= 4 is 5.97 Å². The van der Waals surface area contributed by atoms with Gasteiger partial charge in [-0.15, -0.1) is 0 Å². The summed E-state index contributed by atoms with van der Waals surface area (Å²) in [4.78, 5) is 15.5. The van der Waals surface area contributed by atoms with Gasteiger partial charge in [-0.3, -0.25) is 0 Å². The number of nitrogens with zero attached hydrogens (tertiary/aromatic N) is 1. The van der Waals surface area contributed by atoms with Gasteiger partial charge in [0.25, 0.3) is 0 Å². The first-order valence-corrected chi connectivity index (χ1v) is 11.9. The Balaban J connectivity index is 2.03. The van der Waals surface area contributed by atoms with Crippen molar-refractivity contribution in [2.75, 3.05) is 33.4 Å². The fourth-order valence-electron chi connectivity index (χ4n) is 4.02. The highest BCUT2D eigenvalue weighted by Gasteiger charge is 2.28. The predicted molar refractivity (Wildman–Crippen MR) is 130 cm³/mol. The predicted octanol–water partition coefficient (Wildman–Crippen LogP) is 5.78. The molecule has 180 valence electrons. The molecule has 0 fully saturated rings. The van der Waals surface area contributed by atoms with Crippen molar-refractivity contribution in [3.8, 4) is 23.0 Å². The van der Waals surface area contributed by atoms with Crippen molar-refractivity contribution < 1.29 is 23.7 Å². The van der Waals surface area contributed by atoms with Crippen molar-refractivity contribution in [2.24, 2.45) is 5.92 Å². The minimum atomic E-state index is -0.430. The summed E-state index contributed by atoms with van der Waals surface area (Å²) in [5.41, 5.74) is 3.14. The van der Waals surface area contributed by atoms with E-state index in [2.05, 4.69) is 32.6 Å². The number of hydrogen-bond acceptors (Lipinski definition) is 6. The lowest BCUT2D eigenvalue weighted by Gasteiger charge is -2.24. The first-order chi connectivity index (χ1) is 15.9. The molecular formula is C27H37NO5. The lowest BCUT2D eigenvalue weighted by molar-refractivity contribution is 0.0453.